The lowest BCUT2D eigenvalue weighted by Crippen LogP contribution is -2.43. The van der Waals surface area contributed by atoms with Gasteiger partial charge in [-0.3, -0.25) is 9.69 Å². The molecule has 7 nitrogen and oxygen atoms in total. The maximum atomic E-state index is 12.7. The van der Waals surface area contributed by atoms with Crippen LogP contribution in [0, 0.1) is 0 Å². The minimum Gasteiger partial charge on any atom is -0.390 e. The summed E-state index contributed by atoms with van der Waals surface area (Å²) < 4.78 is 1.52. The van der Waals surface area contributed by atoms with Gasteiger partial charge in [0.2, 0.25) is 5.56 Å². The minimum atomic E-state index is -0.568. The molecule has 1 fully saturated rings. The van der Waals surface area contributed by atoms with Crippen LogP contribution < -0.4 is 5.56 Å². The van der Waals surface area contributed by atoms with Gasteiger partial charge in [-0.2, -0.15) is 0 Å². The van der Waals surface area contributed by atoms with Crippen LogP contribution >= 0.6 is 0 Å². The molecule has 0 spiro atoms. The van der Waals surface area contributed by atoms with Gasteiger partial charge in [-0.05, 0) is 23.1 Å². The van der Waals surface area contributed by atoms with Crippen molar-refractivity contribution in [1.29, 1.82) is 0 Å². The van der Waals surface area contributed by atoms with Gasteiger partial charge >= 0.3 is 6.03 Å². The molecular weight excluding hydrogens is 368 g/mol. The Morgan fingerprint density at radius 1 is 0.966 bits per heavy atom. The van der Waals surface area contributed by atoms with Crippen molar-refractivity contribution in [3.05, 3.63) is 69.6 Å². The number of aryl methyl sites for hydroxylation is 1. The molecule has 7 heteroatoms. The lowest BCUT2D eigenvalue weighted by Gasteiger charge is -2.31. The molecule has 1 unspecified atom stereocenters. The first-order valence-corrected chi connectivity index (χ1v) is 10.2. The second-order valence-electron chi connectivity index (χ2n) is 8.04. The summed E-state index contributed by atoms with van der Waals surface area (Å²) in [6, 6.07) is 11.7. The van der Waals surface area contributed by atoms with Crippen molar-refractivity contribution in [2.45, 2.75) is 25.6 Å². The number of fused-ring (bicyclic) bond motifs is 1. The van der Waals surface area contributed by atoms with Crippen LogP contribution in [0.15, 0.2) is 47.4 Å². The first kappa shape index (κ1) is 19.7. The number of benzene rings is 1. The molecule has 154 valence electrons. The van der Waals surface area contributed by atoms with Crippen LogP contribution in [0.1, 0.15) is 16.7 Å². The van der Waals surface area contributed by atoms with E-state index in [0.717, 1.165) is 25.1 Å². The minimum absolute atomic E-state index is 0.0538. The highest BCUT2D eigenvalue weighted by molar-refractivity contribution is 5.76. The molecule has 2 aromatic rings. The van der Waals surface area contributed by atoms with E-state index in [2.05, 4.69) is 29.2 Å². The SMILES string of the molecule is Cn1cc(CN2CCN(CC(O)CN3CCc4ccccc4C3)C2=O)ccc1=O. The number of rotatable bonds is 6. The number of β-amino-alcohol motifs (C(OH)–C–C–N with tert-alkyl or cyclic N) is 1. The van der Waals surface area contributed by atoms with Crippen molar-refractivity contribution < 1.29 is 9.90 Å². The van der Waals surface area contributed by atoms with E-state index in [4.69, 9.17) is 0 Å². The fourth-order valence-electron chi connectivity index (χ4n) is 4.23. The number of carbonyl (C=O) groups is 1. The molecule has 0 bridgehead atoms. The van der Waals surface area contributed by atoms with Crippen molar-refractivity contribution in [2.24, 2.45) is 7.05 Å². The number of aliphatic hydroxyl groups is 1. The summed E-state index contributed by atoms with van der Waals surface area (Å²) in [5.74, 6) is 0. The van der Waals surface area contributed by atoms with Crippen molar-refractivity contribution in [3.8, 4) is 0 Å². The van der Waals surface area contributed by atoms with Crippen LogP contribution in [-0.2, 0) is 26.6 Å². The number of aliphatic hydroxyl groups excluding tert-OH is 1. The highest BCUT2D eigenvalue weighted by Gasteiger charge is 2.30. The zero-order chi connectivity index (χ0) is 20.4. The Labute approximate surface area is 170 Å². The Morgan fingerprint density at radius 2 is 1.72 bits per heavy atom. The van der Waals surface area contributed by atoms with Gasteiger partial charge in [0.25, 0.3) is 0 Å². The maximum absolute atomic E-state index is 12.7. The first-order chi connectivity index (χ1) is 14.0. The van der Waals surface area contributed by atoms with Crippen LogP contribution in [0.3, 0.4) is 0 Å². The Morgan fingerprint density at radius 3 is 2.52 bits per heavy atom. The number of nitrogens with zero attached hydrogens (tertiary/aromatic N) is 4. The standard InChI is InChI=1S/C22H28N4O3/c1-23-12-17(6-7-21(23)28)13-25-10-11-26(22(25)29)16-20(27)15-24-9-8-18-4-2-3-5-19(18)14-24/h2-7,12,20,27H,8-11,13-16H2,1H3. The molecule has 1 N–H and O–H groups in total. The van der Waals surface area contributed by atoms with Gasteiger partial charge in [0.15, 0.2) is 0 Å². The number of hydrogen-bond donors (Lipinski definition) is 1. The molecule has 2 aliphatic heterocycles. The van der Waals surface area contributed by atoms with Gasteiger partial charge in [-0.15, -0.1) is 0 Å². The molecule has 1 atom stereocenters. The van der Waals surface area contributed by atoms with E-state index in [-0.39, 0.29) is 11.6 Å². The molecule has 2 amide bonds. The van der Waals surface area contributed by atoms with Gasteiger partial charge in [0.1, 0.15) is 0 Å². The van der Waals surface area contributed by atoms with Gasteiger partial charge in [-0.1, -0.05) is 30.3 Å². The van der Waals surface area contributed by atoms with E-state index in [1.54, 1.807) is 29.1 Å². The highest BCUT2D eigenvalue weighted by atomic mass is 16.3. The Hall–Kier alpha value is -2.64. The highest BCUT2D eigenvalue weighted by Crippen LogP contribution is 2.19. The van der Waals surface area contributed by atoms with Crippen LogP contribution in [0.5, 0.6) is 0 Å². The number of amides is 2. The molecule has 0 aliphatic carbocycles. The van der Waals surface area contributed by atoms with E-state index < -0.39 is 6.10 Å². The van der Waals surface area contributed by atoms with Crippen LogP contribution in [0.25, 0.3) is 0 Å². The van der Waals surface area contributed by atoms with E-state index in [0.29, 0.717) is 32.7 Å². The Kier molecular flexibility index (Phi) is 5.69. The average Bonchev–Trinajstić information content (AvgIpc) is 3.04. The Bertz CT molecular complexity index is 942. The molecule has 29 heavy (non-hydrogen) atoms. The molecular formula is C22H28N4O3. The lowest BCUT2D eigenvalue weighted by molar-refractivity contribution is 0.0812. The number of aromatic nitrogens is 1. The third-order valence-corrected chi connectivity index (χ3v) is 5.81. The third-order valence-electron chi connectivity index (χ3n) is 5.81. The summed E-state index contributed by atoms with van der Waals surface area (Å²) in [6.07, 6.45) is 2.20. The Balaban J connectivity index is 1.29. The van der Waals surface area contributed by atoms with Crippen molar-refractivity contribution >= 4 is 6.03 Å². The summed E-state index contributed by atoms with van der Waals surface area (Å²) >= 11 is 0. The molecule has 3 heterocycles. The molecule has 4 rings (SSSR count). The quantitative estimate of drug-likeness (QED) is 0.792. The maximum Gasteiger partial charge on any atom is 0.320 e. The van der Waals surface area contributed by atoms with Crippen molar-refractivity contribution in [2.75, 3.05) is 32.7 Å². The van der Waals surface area contributed by atoms with E-state index in [1.807, 2.05) is 0 Å². The molecule has 0 radical (unpaired) electrons. The summed E-state index contributed by atoms with van der Waals surface area (Å²) in [5, 5.41) is 10.6. The first-order valence-electron chi connectivity index (χ1n) is 10.2. The molecule has 2 aliphatic rings. The predicted octanol–water partition coefficient (Wildman–Crippen LogP) is 1.04. The van der Waals surface area contributed by atoms with E-state index in [9.17, 15) is 14.7 Å². The molecule has 1 aromatic carbocycles. The van der Waals surface area contributed by atoms with Crippen molar-refractivity contribution in [3.63, 3.8) is 0 Å². The normalized spacial score (nSPS) is 18.2. The number of pyridine rings is 1. The van der Waals surface area contributed by atoms with Gasteiger partial charge < -0.3 is 19.5 Å². The monoisotopic (exact) mass is 396 g/mol. The fourth-order valence-corrected chi connectivity index (χ4v) is 4.23. The topological polar surface area (TPSA) is 69.0 Å². The van der Waals surface area contributed by atoms with Gasteiger partial charge in [-0.25, -0.2) is 4.79 Å². The second kappa shape index (κ2) is 8.39. The summed E-state index contributed by atoms with van der Waals surface area (Å²) in [6.45, 7) is 4.42. The van der Waals surface area contributed by atoms with Gasteiger partial charge in [0.05, 0.1) is 6.10 Å². The third kappa shape index (κ3) is 4.52. The summed E-state index contributed by atoms with van der Waals surface area (Å²) in [4.78, 5) is 30.0. The van der Waals surface area contributed by atoms with E-state index >= 15 is 0 Å². The molecule has 1 saturated heterocycles. The largest absolute Gasteiger partial charge is 0.390 e. The van der Waals surface area contributed by atoms with Crippen LogP contribution in [-0.4, -0.2) is 69.2 Å². The molecule has 1 aromatic heterocycles. The lowest BCUT2D eigenvalue weighted by atomic mass is 10.00. The van der Waals surface area contributed by atoms with Crippen LogP contribution in [0.4, 0.5) is 4.79 Å². The number of carbonyl (C=O) groups excluding carboxylic acids is 1. The molecule has 0 saturated carbocycles. The fraction of sp³-hybridized carbons (Fsp3) is 0.455. The predicted molar refractivity (Wildman–Crippen MR) is 110 cm³/mol. The van der Waals surface area contributed by atoms with Gasteiger partial charge in [0, 0.05) is 65.1 Å². The van der Waals surface area contributed by atoms with Crippen LogP contribution in [0.2, 0.25) is 0 Å². The summed E-state index contributed by atoms with van der Waals surface area (Å²) in [7, 11) is 1.71. The number of urea groups is 1. The zero-order valence-electron chi connectivity index (χ0n) is 16.8. The average molecular weight is 396 g/mol. The second-order valence-corrected chi connectivity index (χ2v) is 8.04. The smallest absolute Gasteiger partial charge is 0.320 e. The summed E-state index contributed by atoms with van der Waals surface area (Å²) in [5.41, 5.74) is 3.58. The van der Waals surface area contributed by atoms with Crippen molar-refractivity contribution in [1.82, 2.24) is 19.3 Å². The number of hydrogen-bond acceptors (Lipinski definition) is 4. The zero-order valence-corrected chi connectivity index (χ0v) is 16.8. The van der Waals surface area contributed by atoms with E-state index in [1.165, 1.54) is 21.8 Å².